The van der Waals surface area contributed by atoms with Crippen LogP contribution in [0.5, 0.6) is 0 Å². The number of aromatic nitrogens is 5. The number of thiazole rings is 1. The molecule has 0 spiro atoms. The minimum absolute atomic E-state index is 0.351. The first-order valence-corrected chi connectivity index (χ1v) is 8.31. The predicted molar refractivity (Wildman–Crippen MR) is 86.5 cm³/mol. The van der Waals surface area contributed by atoms with Crippen molar-refractivity contribution in [1.29, 1.82) is 0 Å². The first kappa shape index (κ1) is 13.6. The third-order valence-electron chi connectivity index (χ3n) is 4.22. The first-order valence-electron chi connectivity index (χ1n) is 7.50. The van der Waals surface area contributed by atoms with E-state index in [1.165, 1.54) is 17.0 Å². The van der Waals surface area contributed by atoms with E-state index in [2.05, 4.69) is 40.0 Å². The molecule has 114 valence electrons. The lowest BCUT2D eigenvalue weighted by Gasteiger charge is -2.32. The number of aryl methyl sites for hydroxylation is 3. The molecule has 0 radical (unpaired) electrons. The largest absolute Gasteiger partial charge is 0.352 e. The maximum absolute atomic E-state index is 4.69. The van der Waals surface area contributed by atoms with Gasteiger partial charge >= 0.3 is 0 Å². The van der Waals surface area contributed by atoms with Gasteiger partial charge in [-0.15, -0.1) is 11.3 Å². The number of hydrogen-bond donors (Lipinski definition) is 0. The molecular formula is C15H18N6S. The smallest absolute Gasteiger partial charge is 0.254 e. The molecule has 7 heteroatoms. The first-order chi connectivity index (χ1) is 10.6. The molecule has 0 bridgehead atoms. The summed E-state index contributed by atoms with van der Waals surface area (Å²) in [6, 6.07) is 2.42. The second-order valence-electron chi connectivity index (χ2n) is 5.79. The molecule has 3 aromatic heterocycles. The van der Waals surface area contributed by atoms with Crippen molar-refractivity contribution in [2.45, 2.75) is 39.2 Å². The Bertz CT molecular complexity index is 836. The third kappa shape index (κ3) is 2.08. The monoisotopic (exact) mass is 314 g/mol. The predicted octanol–water partition coefficient (Wildman–Crippen LogP) is 2.71. The second kappa shape index (κ2) is 5.01. The van der Waals surface area contributed by atoms with Crippen LogP contribution in [0.3, 0.4) is 0 Å². The highest BCUT2D eigenvalue weighted by Gasteiger charge is 2.28. The molecule has 0 fully saturated rings. The Labute approximate surface area is 132 Å². The molecule has 4 rings (SSSR count). The Balaban J connectivity index is 1.81. The molecule has 3 aromatic rings. The highest BCUT2D eigenvalue weighted by molar-refractivity contribution is 7.11. The molecule has 6 nitrogen and oxygen atoms in total. The topological polar surface area (TPSA) is 59.2 Å². The Morgan fingerprint density at radius 1 is 1.32 bits per heavy atom. The Hall–Kier alpha value is -2.02. The number of anilines is 1. The minimum Gasteiger partial charge on any atom is -0.352 e. The number of fused-ring (bicyclic) bond motifs is 2. The lowest BCUT2D eigenvalue weighted by Crippen LogP contribution is -2.28. The lowest BCUT2D eigenvalue weighted by atomic mass is 9.97. The Morgan fingerprint density at radius 2 is 2.18 bits per heavy atom. The van der Waals surface area contributed by atoms with Gasteiger partial charge in [0.25, 0.3) is 5.78 Å². The number of rotatable bonds is 2. The van der Waals surface area contributed by atoms with Gasteiger partial charge in [0.15, 0.2) is 0 Å². The molecular weight excluding hydrogens is 296 g/mol. The van der Waals surface area contributed by atoms with Gasteiger partial charge in [0, 0.05) is 18.8 Å². The zero-order chi connectivity index (χ0) is 15.3. The molecule has 0 amide bonds. The summed E-state index contributed by atoms with van der Waals surface area (Å²) in [6.07, 6.45) is 4.97. The molecule has 0 saturated heterocycles. The molecule has 0 saturated carbocycles. The fraction of sp³-hybridized carbons (Fsp3) is 0.467. The summed E-state index contributed by atoms with van der Waals surface area (Å²) in [7, 11) is 2.13. The van der Waals surface area contributed by atoms with Crippen molar-refractivity contribution in [2.24, 2.45) is 0 Å². The van der Waals surface area contributed by atoms with Gasteiger partial charge in [0.1, 0.15) is 12.1 Å². The van der Waals surface area contributed by atoms with Crippen LogP contribution in [0.25, 0.3) is 5.78 Å². The van der Waals surface area contributed by atoms with Crippen LogP contribution in [0.1, 0.15) is 40.2 Å². The Kier molecular flexibility index (Phi) is 3.11. The zero-order valence-electron chi connectivity index (χ0n) is 12.9. The van der Waals surface area contributed by atoms with Crippen molar-refractivity contribution in [3.8, 4) is 0 Å². The van der Waals surface area contributed by atoms with E-state index in [0.717, 1.165) is 29.4 Å². The van der Waals surface area contributed by atoms with Gasteiger partial charge in [0.05, 0.1) is 21.6 Å². The van der Waals surface area contributed by atoms with Crippen LogP contribution in [0.15, 0.2) is 12.4 Å². The van der Waals surface area contributed by atoms with Crippen molar-refractivity contribution < 1.29 is 0 Å². The molecule has 1 aliphatic rings. The second-order valence-corrected chi connectivity index (χ2v) is 7.03. The van der Waals surface area contributed by atoms with Crippen LogP contribution in [0.2, 0.25) is 0 Å². The van der Waals surface area contributed by atoms with Crippen LogP contribution in [-0.2, 0) is 6.42 Å². The number of hydrogen-bond acceptors (Lipinski definition) is 6. The highest BCUT2D eigenvalue weighted by Crippen LogP contribution is 2.39. The third-order valence-corrected chi connectivity index (χ3v) is 5.33. The minimum atomic E-state index is 0.351. The van der Waals surface area contributed by atoms with E-state index in [0.29, 0.717) is 11.8 Å². The van der Waals surface area contributed by atoms with Gasteiger partial charge in [-0.2, -0.15) is 14.6 Å². The van der Waals surface area contributed by atoms with E-state index < -0.39 is 0 Å². The van der Waals surface area contributed by atoms with Crippen molar-refractivity contribution in [2.75, 3.05) is 11.9 Å². The molecule has 1 atom stereocenters. The molecule has 0 N–H and O–H groups in total. The quantitative estimate of drug-likeness (QED) is 0.728. The van der Waals surface area contributed by atoms with E-state index in [4.69, 9.17) is 4.98 Å². The van der Waals surface area contributed by atoms with Crippen molar-refractivity contribution >= 4 is 22.9 Å². The summed E-state index contributed by atoms with van der Waals surface area (Å²) in [5.74, 6) is 1.68. The fourth-order valence-electron chi connectivity index (χ4n) is 3.21. The molecule has 1 unspecified atom stereocenters. The van der Waals surface area contributed by atoms with Gasteiger partial charge in [0.2, 0.25) is 0 Å². The molecule has 0 aliphatic heterocycles. The van der Waals surface area contributed by atoms with Gasteiger partial charge < -0.3 is 4.90 Å². The van der Waals surface area contributed by atoms with Crippen LogP contribution >= 0.6 is 11.3 Å². The average Bonchev–Trinajstić information content (AvgIpc) is 3.09. The summed E-state index contributed by atoms with van der Waals surface area (Å²) in [5.41, 5.74) is 2.23. The summed E-state index contributed by atoms with van der Waals surface area (Å²) in [5, 5.41) is 5.48. The van der Waals surface area contributed by atoms with Crippen molar-refractivity contribution in [3.63, 3.8) is 0 Å². The molecule has 3 heterocycles. The molecule has 1 aliphatic carbocycles. The van der Waals surface area contributed by atoms with E-state index in [1.54, 1.807) is 6.33 Å². The maximum Gasteiger partial charge on any atom is 0.254 e. The average molecular weight is 314 g/mol. The molecule has 22 heavy (non-hydrogen) atoms. The van der Waals surface area contributed by atoms with Crippen LogP contribution in [-0.4, -0.2) is 31.6 Å². The van der Waals surface area contributed by atoms with E-state index >= 15 is 0 Å². The number of nitrogens with zero attached hydrogens (tertiary/aromatic N) is 6. The zero-order valence-corrected chi connectivity index (χ0v) is 13.8. The van der Waals surface area contributed by atoms with Crippen molar-refractivity contribution in [3.05, 3.63) is 33.7 Å². The van der Waals surface area contributed by atoms with Crippen LogP contribution in [0.4, 0.5) is 5.82 Å². The van der Waals surface area contributed by atoms with E-state index in [1.807, 2.05) is 22.8 Å². The summed E-state index contributed by atoms with van der Waals surface area (Å²) < 4.78 is 1.81. The normalized spacial score (nSPS) is 17.7. The van der Waals surface area contributed by atoms with E-state index in [-0.39, 0.29) is 0 Å². The van der Waals surface area contributed by atoms with Gasteiger partial charge in [-0.1, -0.05) is 0 Å². The molecule has 0 aromatic carbocycles. The van der Waals surface area contributed by atoms with Crippen molar-refractivity contribution in [1.82, 2.24) is 24.6 Å². The lowest BCUT2D eigenvalue weighted by molar-refractivity contribution is 0.541. The summed E-state index contributed by atoms with van der Waals surface area (Å²) in [4.78, 5) is 17.0. The van der Waals surface area contributed by atoms with E-state index in [9.17, 15) is 0 Å². The van der Waals surface area contributed by atoms with Gasteiger partial charge in [-0.3, -0.25) is 0 Å². The van der Waals surface area contributed by atoms with Crippen LogP contribution in [0, 0.1) is 13.8 Å². The highest BCUT2D eigenvalue weighted by atomic mass is 32.1. The Morgan fingerprint density at radius 3 is 3.05 bits per heavy atom. The van der Waals surface area contributed by atoms with Crippen LogP contribution < -0.4 is 4.90 Å². The van der Waals surface area contributed by atoms with Gasteiger partial charge in [-0.25, -0.2) is 9.97 Å². The SMILES string of the molecule is Cc1cc(N(C)C2CCCc3nc(C)sc32)n2ncnc2n1. The summed E-state index contributed by atoms with van der Waals surface area (Å²) >= 11 is 1.82. The standard InChI is InChI=1S/C15H18N6S/c1-9-7-13(21-15(18-9)16-8-17-21)20(3)12-6-4-5-11-14(12)22-10(2)19-11/h7-8,12H,4-6H2,1-3H3. The fourth-order valence-corrected chi connectivity index (χ4v) is 4.36. The maximum atomic E-state index is 4.69. The van der Waals surface area contributed by atoms with Gasteiger partial charge in [-0.05, 0) is 33.1 Å². The summed E-state index contributed by atoms with van der Waals surface area (Å²) in [6.45, 7) is 4.08.